The van der Waals surface area contributed by atoms with Crippen LogP contribution in [0.1, 0.15) is 361 Å². The summed E-state index contributed by atoms with van der Waals surface area (Å²) in [7, 11) is 0. The van der Waals surface area contributed by atoms with E-state index < -0.39 is 49.5 Å². The maximum atomic E-state index is 13.1. The number of aliphatic hydroxyl groups is 5. The number of nitrogens with one attached hydrogen (secondary N) is 1. The first-order valence-corrected chi connectivity index (χ1v) is 35.1. The van der Waals surface area contributed by atoms with Gasteiger partial charge in [-0.15, -0.1) is 0 Å². The van der Waals surface area contributed by atoms with Gasteiger partial charge in [-0.1, -0.05) is 346 Å². The zero-order valence-corrected chi connectivity index (χ0v) is 52.4. The lowest BCUT2D eigenvalue weighted by molar-refractivity contribution is -0.302. The number of amides is 1. The summed E-state index contributed by atoms with van der Waals surface area (Å²) in [6.07, 6.45) is 71.6. The molecule has 0 spiro atoms. The van der Waals surface area contributed by atoms with Crippen LogP contribution in [0.4, 0.5) is 0 Å². The minimum atomic E-state index is -1.57. The Morgan fingerprint density at radius 3 is 1.06 bits per heavy atom. The van der Waals surface area contributed by atoms with Crippen LogP contribution in [-0.4, -0.2) is 87.5 Å². The van der Waals surface area contributed by atoms with Gasteiger partial charge in [0, 0.05) is 6.42 Å². The molecule has 7 atom stereocenters. The predicted octanol–water partition coefficient (Wildman–Crippen LogP) is 18.9. The number of ether oxygens (including phenoxy) is 2. The minimum absolute atomic E-state index is 0.178. The molecule has 1 fully saturated rings. The first kappa shape index (κ1) is 75.7. The van der Waals surface area contributed by atoms with Gasteiger partial charge in [0.05, 0.1) is 25.4 Å². The molecule has 1 saturated heterocycles. The Morgan fingerprint density at radius 2 is 0.722 bits per heavy atom. The predicted molar refractivity (Wildman–Crippen MR) is 337 cm³/mol. The molecule has 9 nitrogen and oxygen atoms in total. The van der Waals surface area contributed by atoms with Crippen molar-refractivity contribution in [3.63, 3.8) is 0 Å². The van der Waals surface area contributed by atoms with Gasteiger partial charge in [0.2, 0.25) is 5.91 Å². The van der Waals surface area contributed by atoms with Crippen molar-refractivity contribution in [1.82, 2.24) is 5.32 Å². The van der Waals surface area contributed by atoms with E-state index in [9.17, 15) is 30.3 Å². The minimum Gasteiger partial charge on any atom is -0.394 e. The molecular formula is C70H135NO8. The molecule has 0 aromatic carbocycles. The molecule has 1 aliphatic rings. The molecule has 0 aromatic heterocycles. The average Bonchev–Trinajstić information content (AvgIpc) is 3.47. The fourth-order valence-corrected chi connectivity index (χ4v) is 11.5. The summed E-state index contributed by atoms with van der Waals surface area (Å²) in [5.74, 6) is -0.178. The van der Waals surface area contributed by atoms with Gasteiger partial charge in [0.1, 0.15) is 24.4 Å². The van der Waals surface area contributed by atoms with Crippen molar-refractivity contribution in [2.24, 2.45) is 0 Å². The molecule has 0 aliphatic carbocycles. The fraction of sp³-hybridized carbons (Fsp3) is 0.929. The van der Waals surface area contributed by atoms with Crippen molar-refractivity contribution in [3.8, 4) is 0 Å². The topological polar surface area (TPSA) is 149 Å². The highest BCUT2D eigenvalue weighted by molar-refractivity contribution is 5.76. The first-order chi connectivity index (χ1) is 38.8. The number of carbonyl (C=O) groups is 1. The molecular weight excluding hydrogens is 983 g/mol. The van der Waals surface area contributed by atoms with Crippen molar-refractivity contribution in [1.29, 1.82) is 0 Å². The molecule has 1 amide bonds. The Labute approximate surface area is 489 Å². The van der Waals surface area contributed by atoms with Gasteiger partial charge in [0.25, 0.3) is 0 Å². The standard InChI is InChI=1S/C70H135NO8/c1-3-5-7-9-11-13-15-17-19-21-23-25-26-27-28-29-30-31-32-33-34-35-36-37-38-39-40-42-44-46-48-50-52-54-56-58-60-66(74)71-63(62-78-70-69(77)68(76)67(75)65(61-72)79-70)64(73)59-57-55-53-51-49-47-45-43-41-24-22-20-18-16-14-12-10-8-6-4-2/h49,51,57,59,63-65,67-70,72-73,75-77H,3-48,50,52-56,58,60-62H2,1-2H3,(H,71,74)/b51-49+,59-57+. The molecule has 0 saturated carbocycles. The van der Waals surface area contributed by atoms with Gasteiger partial charge in [-0.25, -0.2) is 0 Å². The van der Waals surface area contributed by atoms with Crippen LogP contribution >= 0.6 is 0 Å². The lowest BCUT2D eigenvalue weighted by Gasteiger charge is -2.40. The molecule has 7 unspecified atom stereocenters. The highest BCUT2D eigenvalue weighted by Crippen LogP contribution is 2.23. The molecule has 468 valence electrons. The number of rotatable bonds is 62. The maximum Gasteiger partial charge on any atom is 0.220 e. The third kappa shape index (κ3) is 48.7. The van der Waals surface area contributed by atoms with Gasteiger partial charge in [-0.3, -0.25) is 4.79 Å². The number of aliphatic hydroxyl groups excluding tert-OH is 5. The lowest BCUT2D eigenvalue weighted by atomic mass is 9.99. The van der Waals surface area contributed by atoms with E-state index in [4.69, 9.17) is 9.47 Å². The molecule has 0 aromatic rings. The van der Waals surface area contributed by atoms with Crippen molar-refractivity contribution in [3.05, 3.63) is 24.3 Å². The third-order valence-electron chi connectivity index (χ3n) is 17.0. The molecule has 79 heavy (non-hydrogen) atoms. The molecule has 1 aliphatic heterocycles. The summed E-state index contributed by atoms with van der Waals surface area (Å²) < 4.78 is 11.3. The zero-order valence-electron chi connectivity index (χ0n) is 52.4. The van der Waals surface area contributed by atoms with Gasteiger partial charge in [0.15, 0.2) is 6.29 Å². The summed E-state index contributed by atoms with van der Waals surface area (Å²) >= 11 is 0. The van der Waals surface area contributed by atoms with Crippen LogP contribution in [0, 0.1) is 0 Å². The number of carbonyl (C=O) groups excluding carboxylic acids is 1. The first-order valence-electron chi connectivity index (χ1n) is 35.1. The Morgan fingerprint density at radius 1 is 0.418 bits per heavy atom. The van der Waals surface area contributed by atoms with E-state index >= 15 is 0 Å². The lowest BCUT2D eigenvalue weighted by Crippen LogP contribution is -2.60. The Kier molecular flexibility index (Phi) is 57.3. The van der Waals surface area contributed by atoms with Crippen LogP contribution in [0.5, 0.6) is 0 Å². The van der Waals surface area contributed by atoms with Crippen molar-refractivity contribution in [2.45, 2.75) is 403 Å². The monoisotopic (exact) mass is 1120 g/mol. The van der Waals surface area contributed by atoms with Crippen LogP contribution in [0.25, 0.3) is 0 Å². The highest BCUT2D eigenvalue weighted by Gasteiger charge is 2.44. The van der Waals surface area contributed by atoms with Gasteiger partial charge < -0.3 is 40.3 Å². The van der Waals surface area contributed by atoms with Gasteiger partial charge >= 0.3 is 0 Å². The molecule has 9 heteroatoms. The summed E-state index contributed by atoms with van der Waals surface area (Å²) in [5.41, 5.74) is 0. The molecule has 0 bridgehead atoms. The third-order valence-corrected chi connectivity index (χ3v) is 17.0. The number of hydrogen-bond donors (Lipinski definition) is 6. The van der Waals surface area contributed by atoms with E-state index in [1.54, 1.807) is 6.08 Å². The second-order valence-electron chi connectivity index (χ2n) is 24.7. The summed E-state index contributed by atoms with van der Waals surface area (Å²) in [4.78, 5) is 13.1. The van der Waals surface area contributed by atoms with Crippen LogP contribution in [0.2, 0.25) is 0 Å². The summed E-state index contributed by atoms with van der Waals surface area (Å²) in [6.45, 7) is 3.82. The van der Waals surface area contributed by atoms with Crippen molar-refractivity contribution < 1.29 is 39.8 Å². The van der Waals surface area contributed by atoms with Crippen LogP contribution < -0.4 is 5.32 Å². The van der Waals surface area contributed by atoms with E-state index in [-0.39, 0.29) is 12.5 Å². The second kappa shape index (κ2) is 59.8. The molecule has 0 radical (unpaired) electrons. The Bertz CT molecular complexity index is 1300. The largest absolute Gasteiger partial charge is 0.394 e. The van der Waals surface area contributed by atoms with Crippen LogP contribution in [0.15, 0.2) is 24.3 Å². The number of hydrogen-bond acceptors (Lipinski definition) is 8. The summed E-state index contributed by atoms with van der Waals surface area (Å²) in [6, 6.07) is -0.820. The van der Waals surface area contributed by atoms with E-state index in [1.165, 1.54) is 302 Å². The quantitative estimate of drug-likeness (QED) is 0.0261. The van der Waals surface area contributed by atoms with E-state index in [0.29, 0.717) is 6.42 Å². The normalized spacial score (nSPS) is 18.6. The zero-order chi connectivity index (χ0) is 57.2. The van der Waals surface area contributed by atoms with Crippen LogP contribution in [-0.2, 0) is 14.3 Å². The molecule has 1 heterocycles. The SMILES string of the molecule is CCCCCCCCCCCCCCCC/C=C/CC/C=C/C(O)C(COC1OC(CO)C(O)C(O)C1O)NC(=O)CCCCCCCCCCCCCCCCCCCCCCCCCCCCCCCCCCCCCC. The maximum absolute atomic E-state index is 13.1. The summed E-state index contributed by atoms with van der Waals surface area (Å²) in [5, 5.41) is 54.7. The molecule has 1 rings (SSSR count). The van der Waals surface area contributed by atoms with E-state index in [2.05, 4.69) is 31.3 Å². The Balaban J connectivity index is 2.08. The van der Waals surface area contributed by atoms with E-state index in [0.717, 1.165) is 38.5 Å². The van der Waals surface area contributed by atoms with E-state index in [1.807, 2.05) is 6.08 Å². The smallest absolute Gasteiger partial charge is 0.220 e. The highest BCUT2D eigenvalue weighted by atomic mass is 16.7. The van der Waals surface area contributed by atoms with Gasteiger partial charge in [-0.2, -0.15) is 0 Å². The van der Waals surface area contributed by atoms with Crippen molar-refractivity contribution >= 4 is 5.91 Å². The fourth-order valence-electron chi connectivity index (χ4n) is 11.5. The second-order valence-corrected chi connectivity index (χ2v) is 24.7. The van der Waals surface area contributed by atoms with Gasteiger partial charge in [-0.05, 0) is 32.1 Å². The Hall–Kier alpha value is -1.33. The molecule has 6 N–H and O–H groups in total. The van der Waals surface area contributed by atoms with Crippen LogP contribution in [0.3, 0.4) is 0 Å². The number of unbranched alkanes of at least 4 members (excludes halogenated alkanes) is 50. The number of allylic oxidation sites excluding steroid dienone is 3. The average molecular weight is 1120 g/mol. The van der Waals surface area contributed by atoms with Crippen molar-refractivity contribution in [2.75, 3.05) is 13.2 Å².